The summed E-state index contributed by atoms with van der Waals surface area (Å²) < 4.78 is 0. The van der Waals surface area contributed by atoms with Gasteiger partial charge in [0.25, 0.3) is 0 Å². The van der Waals surface area contributed by atoms with Crippen molar-refractivity contribution < 1.29 is 14.7 Å². The number of hydrogen-bond acceptors (Lipinski definition) is 3. The average molecular weight is 301 g/mol. The van der Waals surface area contributed by atoms with Gasteiger partial charge in [0.2, 0.25) is 5.91 Å². The number of nitrogens with zero attached hydrogens (tertiary/aromatic N) is 1. The third-order valence-corrected chi connectivity index (χ3v) is 4.52. The first-order valence-electron chi connectivity index (χ1n) is 6.75. The molecule has 0 saturated carbocycles. The van der Waals surface area contributed by atoms with Crippen molar-refractivity contribution in [3.05, 3.63) is 57.8 Å². The SMILES string of the molecule is O=C(O)[C@H]1Cc2ccccc2CN1C(=O)Cc1ccsc1. The highest BCUT2D eigenvalue weighted by atomic mass is 32.1. The summed E-state index contributed by atoms with van der Waals surface area (Å²) in [5.41, 5.74) is 2.99. The first-order valence-corrected chi connectivity index (χ1v) is 7.69. The van der Waals surface area contributed by atoms with Crippen LogP contribution in [0.5, 0.6) is 0 Å². The van der Waals surface area contributed by atoms with Gasteiger partial charge < -0.3 is 10.0 Å². The second-order valence-electron chi connectivity index (χ2n) is 5.16. The van der Waals surface area contributed by atoms with E-state index in [0.29, 0.717) is 13.0 Å². The Morgan fingerprint density at radius 1 is 1.24 bits per heavy atom. The molecule has 1 atom stereocenters. The number of carbonyl (C=O) groups excluding carboxylic acids is 1. The maximum absolute atomic E-state index is 12.5. The van der Waals surface area contributed by atoms with Gasteiger partial charge in [-0.25, -0.2) is 4.79 Å². The van der Waals surface area contributed by atoms with E-state index in [-0.39, 0.29) is 12.3 Å². The molecule has 2 aromatic rings. The minimum atomic E-state index is -0.942. The van der Waals surface area contributed by atoms with Crippen molar-refractivity contribution in [3.63, 3.8) is 0 Å². The predicted octanol–water partition coefficient (Wildman–Crippen LogP) is 2.33. The zero-order valence-corrected chi connectivity index (χ0v) is 12.2. The van der Waals surface area contributed by atoms with Gasteiger partial charge in [0.1, 0.15) is 6.04 Å². The van der Waals surface area contributed by atoms with E-state index >= 15 is 0 Å². The zero-order chi connectivity index (χ0) is 14.8. The Balaban J connectivity index is 1.85. The molecule has 21 heavy (non-hydrogen) atoms. The third kappa shape index (κ3) is 2.83. The maximum atomic E-state index is 12.5. The molecule has 1 N–H and O–H groups in total. The minimum absolute atomic E-state index is 0.129. The highest BCUT2D eigenvalue weighted by Crippen LogP contribution is 2.24. The van der Waals surface area contributed by atoms with Crippen LogP contribution in [0.4, 0.5) is 0 Å². The number of carboxylic acids is 1. The molecule has 1 amide bonds. The van der Waals surface area contributed by atoms with Crippen molar-refractivity contribution >= 4 is 23.2 Å². The van der Waals surface area contributed by atoms with Crippen molar-refractivity contribution in [2.24, 2.45) is 0 Å². The van der Waals surface area contributed by atoms with Gasteiger partial charge >= 0.3 is 5.97 Å². The first-order chi connectivity index (χ1) is 10.1. The van der Waals surface area contributed by atoms with E-state index in [0.717, 1.165) is 16.7 Å². The van der Waals surface area contributed by atoms with E-state index in [4.69, 9.17) is 0 Å². The molecule has 0 aliphatic carbocycles. The number of thiophene rings is 1. The molecule has 3 rings (SSSR count). The van der Waals surface area contributed by atoms with Crippen LogP contribution in [0.15, 0.2) is 41.1 Å². The Bertz CT molecular complexity index is 666. The number of rotatable bonds is 3. The summed E-state index contributed by atoms with van der Waals surface area (Å²) in [4.78, 5) is 25.4. The summed E-state index contributed by atoms with van der Waals surface area (Å²) in [7, 11) is 0. The maximum Gasteiger partial charge on any atom is 0.326 e. The van der Waals surface area contributed by atoms with Crippen LogP contribution in [-0.4, -0.2) is 27.9 Å². The van der Waals surface area contributed by atoms with Crippen LogP contribution in [0.1, 0.15) is 16.7 Å². The summed E-state index contributed by atoms with van der Waals surface area (Å²) in [5, 5.41) is 13.3. The normalized spacial score (nSPS) is 17.3. The lowest BCUT2D eigenvalue weighted by molar-refractivity contribution is -0.151. The Hall–Kier alpha value is -2.14. The molecule has 108 valence electrons. The lowest BCUT2D eigenvalue weighted by atomic mass is 9.93. The van der Waals surface area contributed by atoms with Crippen LogP contribution in [-0.2, 0) is 29.0 Å². The van der Waals surface area contributed by atoms with Crippen molar-refractivity contribution in [1.29, 1.82) is 0 Å². The molecule has 1 aliphatic heterocycles. The number of amides is 1. The van der Waals surface area contributed by atoms with Crippen LogP contribution in [0, 0.1) is 0 Å². The van der Waals surface area contributed by atoms with Gasteiger partial charge in [0.15, 0.2) is 0 Å². The van der Waals surface area contributed by atoms with E-state index in [9.17, 15) is 14.7 Å². The smallest absolute Gasteiger partial charge is 0.326 e. The van der Waals surface area contributed by atoms with Crippen LogP contribution < -0.4 is 0 Å². The molecule has 1 aromatic carbocycles. The number of carbonyl (C=O) groups is 2. The molecular weight excluding hydrogens is 286 g/mol. The van der Waals surface area contributed by atoms with Crippen molar-refractivity contribution in [1.82, 2.24) is 4.90 Å². The van der Waals surface area contributed by atoms with E-state index in [1.165, 1.54) is 16.2 Å². The zero-order valence-electron chi connectivity index (χ0n) is 11.4. The Kier molecular flexibility index (Phi) is 3.75. The van der Waals surface area contributed by atoms with Crippen LogP contribution in [0.2, 0.25) is 0 Å². The predicted molar refractivity (Wildman–Crippen MR) is 80.1 cm³/mol. The molecule has 2 heterocycles. The Labute approximate surface area is 126 Å². The van der Waals surface area contributed by atoms with E-state index in [2.05, 4.69) is 0 Å². The summed E-state index contributed by atoms with van der Waals surface area (Å²) in [5.74, 6) is -1.07. The fourth-order valence-corrected chi connectivity index (χ4v) is 3.34. The summed E-state index contributed by atoms with van der Waals surface area (Å²) in [6.45, 7) is 0.371. The number of benzene rings is 1. The van der Waals surface area contributed by atoms with Gasteiger partial charge in [-0.15, -0.1) is 0 Å². The van der Waals surface area contributed by atoms with Crippen LogP contribution in [0.25, 0.3) is 0 Å². The number of aliphatic carboxylic acids is 1. The molecule has 1 aliphatic rings. The van der Waals surface area contributed by atoms with Crippen molar-refractivity contribution in [2.45, 2.75) is 25.4 Å². The molecule has 1 aromatic heterocycles. The van der Waals surface area contributed by atoms with Crippen molar-refractivity contribution in [3.8, 4) is 0 Å². The summed E-state index contributed by atoms with van der Waals surface area (Å²) in [6.07, 6.45) is 0.635. The second kappa shape index (κ2) is 5.69. The Morgan fingerprint density at radius 2 is 2.00 bits per heavy atom. The third-order valence-electron chi connectivity index (χ3n) is 3.79. The highest BCUT2D eigenvalue weighted by molar-refractivity contribution is 7.08. The molecule has 5 heteroatoms. The van der Waals surface area contributed by atoms with Gasteiger partial charge in [0.05, 0.1) is 6.42 Å². The van der Waals surface area contributed by atoms with Crippen molar-refractivity contribution in [2.75, 3.05) is 0 Å². The van der Waals surface area contributed by atoms with Gasteiger partial charge in [0, 0.05) is 13.0 Å². The number of carboxylic acid groups (broad SMARTS) is 1. The lowest BCUT2D eigenvalue weighted by Gasteiger charge is -2.34. The fraction of sp³-hybridized carbons (Fsp3) is 0.250. The quantitative estimate of drug-likeness (QED) is 0.946. The van der Waals surface area contributed by atoms with Crippen LogP contribution >= 0.6 is 11.3 Å². The molecule has 0 saturated heterocycles. The Morgan fingerprint density at radius 3 is 2.67 bits per heavy atom. The molecular formula is C16H15NO3S. The largest absolute Gasteiger partial charge is 0.480 e. The van der Waals surface area contributed by atoms with Gasteiger partial charge in [-0.1, -0.05) is 24.3 Å². The van der Waals surface area contributed by atoms with Gasteiger partial charge in [-0.2, -0.15) is 11.3 Å². The monoisotopic (exact) mass is 301 g/mol. The van der Waals surface area contributed by atoms with Gasteiger partial charge in [-0.05, 0) is 33.5 Å². The standard InChI is InChI=1S/C16H15NO3S/c18-15(7-11-5-6-21-10-11)17-9-13-4-2-1-3-12(13)8-14(17)16(19)20/h1-6,10,14H,7-9H2,(H,19,20)/t14-/m1/s1. The van der Waals surface area contributed by atoms with E-state index in [1.54, 1.807) is 0 Å². The fourth-order valence-electron chi connectivity index (χ4n) is 2.68. The van der Waals surface area contributed by atoms with E-state index < -0.39 is 12.0 Å². The van der Waals surface area contributed by atoms with E-state index in [1.807, 2.05) is 41.1 Å². The number of fused-ring (bicyclic) bond motifs is 1. The highest BCUT2D eigenvalue weighted by Gasteiger charge is 2.34. The summed E-state index contributed by atoms with van der Waals surface area (Å²) >= 11 is 1.54. The molecule has 0 spiro atoms. The molecule has 0 radical (unpaired) electrons. The molecule has 0 unspecified atom stereocenters. The second-order valence-corrected chi connectivity index (χ2v) is 5.94. The molecule has 0 fully saturated rings. The lowest BCUT2D eigenvalue weighted by Crippen LogP contribution is -2.49. The first kappa shape index (κ1) is 13.8. The summed E-state index contributed by atoms with van der Waals surface area (Å²) in [6, 6.07) is 8.84. The topological polar surface area (TPSA) is 57.6 Å². The van der Waals surface area contributed by atoms with Crippen LogP contribution in [0.3, 0.4) is 0 Å². The molecule has 4 nitrogen and oxygen atoms in total. The molecule has 0 bridgehead atoms. The minimum Gasteiger partial charge on any atom is -0.480 e. The average Bonchev–Trinajstić information content (AvgIpc) is 2.98. The van der Waals surface area contributed by atoms with Gasteiger partial charge in [-0.3, -0.25) is 4.79 Å². The number of hydrogen-bond donors (Lipinski definition) is 1.